The Morgan fingerprint density at radius 2 is 2.38 bits per heavy atom. The van der Waals surface area contributed by atoms with E-state index < -0.39 is 0 Å². The van der Waals surface area contributed by atoms with Gasteiger partial charge in [-0.05, 0) is 18.6 Å². The molecule has 0 aromatic carbocycles. The molecule has 2 rings (SSSR count). The van der Waals surface area contributed by atoms with Crippen molar-refractivity contribution < 1.29 is 9.90 Å². The average molecular weight is 219 g/mol. The lowest BCUT2D eigenvalue weighted by Crippen LogP contribution is -2.26. The second-order valence-corrected chi connectivity index (χ2v) is 3.41. The molecule has 0 saturated heterocycles. The van der Waals surface area contributed by atoms with Crippen molar-refractivity contribution in [1.29, 1.82) is 0 Å². The maximum absolute atomic E-state index is 11.7. The first-order valence-corrected chi connectivity index (χ1v) is 5.14. The van der Waals surface area contributed by atoms with Gasteiger partial charge in [0, 0.05) is 19.3 Å². The maximum atomic E-state index is 11.7. The molecule has 2 N–H and O–H groups in total. The number of imidazole rings is 1. The number of amides is 1. The van der Waals surface area contributed by atoms with Crippen molar-refractivity contribution in [2.24, 2.45) is 0 Å². The van der Waals surface area contributed by atoms with Crippen LogP contribution in [0.5, 0.6) is 0 Å². The Labute approximate surface area is 92.7 Å². The lowest BCUT2D eigenvalue weighted by molar-refractivity contribution is 0.0945. The van der Waals surface area contributed by atoms with Gasteiger partial charge < -0.3 is 10.4 Å². The largest absolute Gasteiger partial charge is 0.396 e. The van der Waals surface area contributed by atoms with E-state index in [9.17, 15) is 4.79 Å². The Morgan fingerprint density at radius 1 is 1.50 bits per heavy atom. The second kappa shape index (κ2) is 4.76. The quantitative estimate of drug-likeness (QED) is 0.733. The number of rotatable bonds is 4. The molecule has 0 fully saturated rings. The van der Waals surface area contributed by atoms with Gasteiger partial charge in [0.1, 0.15) is 11.3 Å². The summed E-state index contributed by atoms with van der Waals surface area (Å²) in [5.74, 6) is -0.174. The fourth-order valence-electron chi connectivity index (χ4n) is 1.47. The molecule has 0 atom stereocenters. The number of hydrogen-bond donors (Lipinski definition) is 2. The number of fused-ring (bicyclic) bond motifs is 1. The van der Waals surface area contributed by atoms with Gasteiger partial charge in [0.05, 0.1) is 6.20 Å². The third kappa shape index (κ3) is 2.04. The van der Waals surface area contributed by atoms with Crippen molar-refractivity contribution in [2.45, 2.75) is 6.42 Å². The number of aliphatic hydroxyl groups excluding tert-OH is 1. The summed E-state index contributed by atoms with van der Waals surface area (Å²) in [6.45, 7) is 0.544. The summed E-state index contributed by atoms with van der Waals surface area (Å²) < 4.78 is 1.73. The lowest BCUT2D eigenvalue weighted by Gasteiger charge is -2.03. The molecule has 2 aromatic rings. The number of aliphatic hydroxyl groups is 1. The molecule has 2 heterocycles. The highest BCUT2D eigenvalue weighted by Gasteiger charge is 2.10. The van der Waals surface area contributed by atoms with Gasteiger partial charge in [-0.25, -0.2) is 4.98 Å². The Hall–Kier alpha value is -1.88. The molecule has 1 amide bonds. The summed E-state index contributed by atoms with van der Waals surface area (Å²) in [5, 5.41) is 11.3. The molecule has 0 saturated carbocycles. The fraction of sp³-hybridized carbons (Fsp3) is 0.273. The first kappa shape index (κ1) is 10.6. The summed E-state index contributed by atoms with van der Waals surface area (Å²) in [5.41, 5.74) is 1.25. The number of aromatic nitrogens is 2. The number of pyridine rings is 1. The number of hydrogen-bond acceptors (Lipinski definition) is 3. The van der Waals surface area contributed by atoms with Gasteiger partial charge in [-0.3, -0.25) is 9.20 Å². The topological polar surface area (TPSA) is 66.6 Å². The maximum Gasteiger partial charge on any atom is 0.269 e. The molecule has 2 aromatic heterocycles. The van der Waals surface area contributed by atoms with E-state index in [1.165, 1.54) is 0 Å². The van der Waals surface area contributed by atoms with E-state index in [4.69, 9.17) is 5.11 Å². The van der Waals surface area contributed by atoms with Crippen molar-refractivity contribution in [3.05, 3.63) is 36.3 Å². The molecule has 5 nitrogen and oxygen atoms in total. The molecular formula is C11H13N3O2. The van der Waals surface area contributed by atoms with Crippen molar-refractivity contribution >= 4 is 11.6 Å². The van der Waals surface area contributed by atoms with E-state index in [-0.39, 0.29) is 12.5 Å². The van der Waals surface area contributed by atoms with Crippen LogP contribution in [0.25, 0.3) is 5.65 Å². The van der Waals surface area contributed by atoms with Gasteiger partial charge in [0.25, 0.3) is 5.91 Å². The summed E-state index contributed by atoms with van der Waals surface area (Å²) in [4.78, 5) is 15.9. The van der Waals surface area contributed by atoms with E-state index in [1.54, 1.807) is 16.8 Å². The molecule has 0 spiro atoms. The first-order valence-electron chi connectivity index (χ1n) is 5.14. The fourth-order valence-corrected chi connectivity index (χ4v) is 1.47. The molecule has 16 heavy (non-hydrogen) atoms. The molecule has 5 heteroatoms. The van der Waals surface area contributed by atoms with E-state index in [0.29, 0.717) is 18.7 Å². The van der Waals surface area contributed by atoms with Gasteiger partial charge in [-0.2, -0.15) is 0 Å². The van der Waals surface area contributed by atoms with Crippen LogP contribution in [0, 0.1) is 0 Å². The van der Waals surface area contributed by atoms with Gasteiger partial charge in [0.15, 0.2) is 0 Å². The highest BCUT2D eigenvalue weighted by Crippen LogP contribution is 2.05. The van der Waals surface area contributed by atoms with Crippen molar-refractivity contribution in [3.63, 3.8) is 0 Å². The highest BCUT2D eigenvalue weighted by atomic mass is 16.3. The van der Waals surface area contributed by atoms with Crippen LogP contribution in [-0.4, -0.2) is 33.6 Å². The zero-order chi connectivity index (χ0) is 11.4. The number of nitrogens with one attached hydrogen (secondary N) is 1. The number of carbonyl (C=O) groups is 1. The van der Waals surface area contributed by atoms with Gasteiger partial charge in [-0.15, -0.1) is 0 Å². The predicted octanol–water partition coefficient (Wildman–Crippen LogP) is 0.446. The van der Waals surface area contributed by atoms with Crippen molar-refractivity contribution in [1.82, 2.24) is 14.7 Å². The standard InChI is InChI=1S/C11H13N3O2/c15-7-3-5-12-11(16)9-8-13-10-4-1-2-6-14(9)10/h1-2,4,6,8,15H,3,5,7H2,(H,12,16). The summed E-state index contributed by atoms with van der Waals surface area (Å²) in [6.07, 6.45) is 3.90. The Balaban J connectivity index is 2.17. The Kier molecular flexibility index (Phi) is 3.16. The third-order valence-electron chi connectivity index (χ3n) is 2.27. The van der Waals surface area contributed by atoms with E-state index in [1.807, 2.05) is 18.2 Å². The minimum Gasteiger partial charge on any atom is -0.396 e. The lowest BCUT2D eigenvalue weighted by atomic mass is 10.4. The van der Waals surface area contributed by atoms with E-state index in [2.05, 4.69) is 10.3 Å². The first-order chi connectivity index (χ1) is 7.83. The van der Waals surface area contributed by atoms with Crippen molar-refractivity contribution in [3.8, 4) is 0 Å². The van der Waals surface area contributed by atoms with Gasteiger partial charge >= 0.3 is 0 Å². The molecule has 0 aliphatic heterocycles. The van der Waals surface area contributed by atoms with Crippen molar-refractivity contribution in [2.75, 3.05) is 13.2 Å². The minimum absolute atomic E-state index is 0.0768. The monoisotopic (exact) mass is 219 g/mol. The second-order valence-electron chi connectivity index (χ2n) is 3.41. The van der Waals surface area contributed by atoms with Gasteiger partial charge in [0.2, 0.25) is 0 Å². The molecule has 84 valence electrons. The average Bonchev–Trinajstić information content (AvgIpc) is 2.73. The van der Waals surface area contributed by atoms with E-state index >= 15 is 0 Å². The molecule has 0 aliphatic rings. The van der Waals surface area contributed by atoms with Crippen LogP contribution in [0.2, 0.25) is 0 Å². The third-order valence-corrected chi connectivity index (χ3v) is 2.27. The Morgan fingerprint density at radius 3 is 3.19 bits per heavy atom. The SMILES string of the molecule is O=C(NCCCO)c1cnc2ccccn12. The van der Waals surface area contributed by atoms with Crippen LogP contribution < -0.4 is 5.32 Å². The molecule has 0 radical (unpaired) electrons. The van der Waals surface area contributed by atoms with Gasteiger partial charge in [-0.1, -0.05) is 6.07 Å². The smallest absolute Gasteiger partial charge is 0.269 e. The molecule has 0 aliphatic carbocycles. The molecule has 0 bridgehead atoms. The summed E-state index contributed by atoms with van der Waals surface area (Å²) in [6, 6.07) is 5.56. The minimum atomic E-state index is -0.174. The van der Waals surface area contributed by atoms with Crippen LogP contribution in [0.3, 0.4) is 0 Å². The zero-order valence-corrected chi connectivity index (χ0v) is 8.76. The molecule has 0 unspecified atom stereocenters. The van der Waals surface area contributed by atoms with Crippen LogP contribution in [-0.2, 0) is 0 Å². The number of carbonyl (C=O) groups excluding carboxylic acids is 1. The Bertz CT molecular complexity index is 493. The highest BCUT2D eigenvalue weighted by molar-refractivity contribution is 5.93. The number of nitrogens with zero attached hydrogens (tertiary/aromatic N) is 2. The van der Waals surface area contributed by atoms with Crippen LogP contribution in [0.1, 0.15) is 16.9 Å². The normalized spacial score (nSPS) is 10.6. The zero-order valence-electron chi connectivity index (χ0n) is 8.76. The van der Waals surface area contributed by atoms with Crippen LogP contribution in [0.4, 0.5) is 0 Å². The molecular weight excluding hydrogens is 206 g/mol. The van der Waals surface area contributed by atoms with Crippen LogP contribution in [0.15, 0.2) is 30.6 Å². The predicted molar refractivity (Wildman–Crippen MR) is 59.2 cm³/mol. The summed E-state index contributed by atoms with van der Waals surface area (Å²) in [7, 11) is 0. The van der Waals surface area contributed by atoms with E-state index in [0.717, 1.165) is 5.65 Å². The summed E-state index contributed by atoms with van der Waals surface area (Å²) >= 11 is 0. The van der Waals surface area contributed by atoms with Crippen LogP contribution >= 0.6 is 0 Å².